The SMILES string of the molecule is CC1COC2(CCCN(C(=O)Cc3cccnc3)C2)C1. The monoisotopic (exact) mass is 274 g/mol. The first kappa shape index (κ1) is 13.6. The van der Waals surface area contributed by atoms with E-state index in [0.717, 1.165) is 44.5 Å². The molecule has 2 fully saturated rings. The van der Waals surface area contributed by atoms with Gasteiger partial charge in [-0.25, -0.2) is 0 Å². The van der Waals surface area contributed by atoms with Crippen LogP contribution >= 0.6 is 0 Å². The second-order valence-corrected chi connectivity index (χ2v) is 6.26. The number of hydrogen-bond acceptors (Lipinski definition) is 3. The largest absolute Gasteiger partial charge is 0.373 e. The fraction of sp³-hybridized carbons (Fsp3) is 0.625. The first-order valence-electron chi connectivity index (χ1n) is 7.48. The van der Waals surface area contributed by atoms with Crippen LogP contribution < -0.4 is 0 Å². The molecular formula is C16H22N2O2. The zero-order chi connectivity index (χ0) is 14.0. The predicted octanol–water partition coefficient (Wildman–Crippen LogP) is 2.04. The molecule has 0 radical (unpaired) electrons. The lowest BCUT2D eigenvalue weighted by Crippen LogP contribution is -2.50. The number of piperidine rings is 1. The minimum Gasteiger partial charge on any atom is -0.373 e. The Hall–Kier alpha value is -1.42. The molecule has 2 aliphatic heterocycles. The molecule has 1 aromatic rings. The van der Waals surface area contributed by atoms with Crippen LogP contribution in [0.4, 0.5) is 0 Å². The van der Waals surface area contributed by atoms with Gasteiger partial charge in [-0.3, -0.25) is 9.78 Å². The molecule has 1 amide bonds. The van der Waals surface area contributed by atoms with Crippen molar-refractivity contribution in [2.75, 3.05) is 19.7 Å². The summed E-state index contributed by atoms with van der Waals surface area (Å²) in [5.41, 5.74) is 0.917. The number of likely N-dealkylation sites (tertiary alicyclic amines) is 1. The van der Waals surface area contributed by atoms with E-state index in [1.54, 1.807) is 12.4 Å². The summed E-state index contributed by atoms with van der Waals surface area (Å²) < 4.78 is 6.02. The summed E-state index contributed by atoms with van der Waals surface area (Å²) in [6.07, 6.45) is 7.17. The van der Waals surface area contributed by atoms with Crippen molar-refractivity contribution in [3.8, 4) is 0 Å². The molecule has 3 heterocycles. The zero-order valence-corrected chi connectivity index (χ0v) is 12.0. The molecule has 0 aromatic carbocycles. The van der Waals surface area contributed by atoms with Gasteiger partial charge in [0, 0.05) is 25.5 Å². The predicted molar refractivity (Wildman–Crippen MR) is 76.2 cm³/mol. The van der Waals surface area contributed by atoms with E-state index in [4.69, 9.17) is 4.74 Å². The van der Waals surface area contributed by atoms with Gasteiger partial charge in [0.05, 0.1) is 18.6 Å². The number of pyridine rings is 1. The summed E-state index contributed by atoms with van der Waals surface area (Å²) >= 11 is 0. The molecule has 0 aliphatic carbocycles. The number of carbonyl (C=O) groups is 1. The van der Waals surface area contributed by atoms with Gasteiger partial charge in [0.2, 0.25) is 5.91 Å². The lowest BCUT2D eigenvalue weighted by molar-refractivity contribution is -0.138. The van der Waals surface area contributed by atoms with Crippen molar-refractivity contribution in [2.24, 2.45) is 5.92 Å². The molecule has 108 valence electrons. The van der Waals surface area contributed by atoms with Crippen LogP contribution in [-0.2, 0) is 16.0 Å². The summed E-state index contributed by atoms with van der Waals surface area (Å²) in [5, 5.41) is 0. The quantitative estimate of drug-likeness (QED) is 0.829. The van der Waals surface area contributed by atoms with E-state index in [1.165, 1.54) is 0 Å². The number of aromatic nitrogens is 1. The lowest BCUT2D eigenvalue weighted by Gasteiger charge is -2.39. The van der Waals surface area contributed by atoms with E-state index >= 15 is 0 Å². The van der Waals surface area contributed by atoms with E-state index in [1.807, 2.05) is 17.0 Å². The third kappa shape index (κ3) is 2.85. The minimum absolute atomic E-state index is 0.0672. The van der Waals surface area contributed by atoms with Gasteiger partial charge in [0.15, 0.2) is 0 Å². The van der Waals surface area contributed by atoms with Gasteiger partial charge >= 0.3 is 0 Å². The van der Waals surface area contributed by atoms with Crippen molar-refractivity contribution in [3.05, 3.63) is 30.1 Å². The summed E-state index contributed by atoms with van der Waals surface area (Å²) in [6, 6.07) is 3.83. The Balaban J connectivity index is 1.63. The van der Waals surface area contributed by atoms with E-state index < -0.39 is 0 Å². The Morgan fingerprint density at radius 3 is 3.20 bits per heavy atom. The molecule has 2 unspecified atom stereocenters. The summed E-state index contributed by atoms with van der Waals surface area (Å²) in [7, 11) is 0. The van der Waals surface area contributed by atoms with Crippen molar-refractivity contribution in [3.63, 3.8) is 0 Å². The number of hydrogen-bond donors (Lipinski definition) is 0. The molecule has 20 heavy (non-hydrogen) atoms. The molecule has 4 nitrogen and oxygen atoms in total. The third-order valence-electron chi connectivity index (χ3n) is 4.36. The van der Waals surface area contributed by atoms with E-state index in [0.29, 0.717) is 12.3 Å². The lowest BCUT2D eigenvalue weighted by atomic mass is 9.87. The van der Waals surface area contributed by atoms with E-state index in [2.05, 4.69) is 11.9 Å². The van der Waals surface area contributed by atoms with Gasteiger partial charge in [-0.2, -0.15) is 0 Å². The second-order valence-electron chi connectivity index (χ2n) is 6.26. The van der Waals surface area contributed by atoms with Crippen LogP contribution in [-0.4, -0.2) is 41.1 Å². The van der Waals surface area contributed by atoms with Crippen molar-refractivity contribution < 1.29 is 9.53 Å². The van der Waals surface area contributed by atoms with E-state index in [-0.39, 0.29) is 11.5 Å². The highest BCUT2D eigenvalue weighted by atomic mass is 16.5. The Bertz CT molecular complexity index is 473. The maximum Gasteiger partial charge on any atom is 0.227 e. The highest BCUT2D eigenvalue weighted by molar-refractivity contribution is 5.78. The van der Waals surface area contributed by atoms with E-state index in [9.17, 15) is 4.79 Å². The summed E-state index contributed by atoms with van der Waals surface area (Å²) in [4.78, 5) is 18.5. The van der Waals surface area contributed by atoms with Crippen molar-refractivity contribution in [1.29, 1.82) is 0 Å². The summed E-state index contributed by atoms with van der Waals surface area (Å²) in [6.45, 7) is 4.69. The molecule has 0 N–H and O–H groups in total. The number of amides is 1. The smallest absolute Gasteiger partial charge is 0.227 e. The van der Waals surface area contributed by atoms with Crippen LogP contribution in [0.1, 0.15) is 31.7 Å². The standard InChI is InChI=1S/C16H22N2O2/c1-13-9-16(20-11-13)5-3-7-18(12-16)15(19)8-14-4-2-6-17-10-14/h2,4,6,10,13H,3,5,7-9,11-12H2,1H3. The number of carbonyl (C=O) groups excluding carboxylic acids is 1. The second kappa shape index (κ2) is 5.52. The van der Waals surface area contributed by atoms with Crippen molar-refractivity contribution >= 4 is 5.91 Å². The van der Waals surface area contributed by atoms with Gasteiger partial charge in [0.25, 0.3) is 0 Å². The third-order valence-corrected chi connectivity index (χ3v) is 4.36. The molecule has 1 spiro atoms. The van der Waals surface area contributed by atoms with Crippen LogP contribution in [0.25, 0.3) is 0 Å². The van der Waals surface area contributed by atoms with Gasteiger partial charge in [-0.15, -0.1) is 0 Å². The minimum atomic E-state index is -0.0672. The molecule has 3 rings (SSSR count). The summed E-state index contributed by atoms with van der Waals surface area (Å²) in [5.74, 6) is 0.809. The van der Waals surface area contributed by atoms with Crippen LogP contribution in [0.2, 0.25) is 0 Å². The molecule has 0 bridgehead atoms. The first-order chi connectivity index (χ1) is 9.67. The Kier molecular flexibility index (Phi) is 3.74. The fourth-order valence-electron chi connectivity index (χ4n) is 3.46. The van der Waals surface area contributed by atoms with Crippen LogP contribution in [0.5, 0.6) is 0 Å². The Morgan fingerprint density at radius 1 is 1.60 bits per heavy atom. The Morgan fingerprint density at radius 2 is 2.50 bits per heavy atom. The number of rotatable bonds is 2. The molecule has 2 aliphatic rings. The maximum atomic E-state index is 12.4. The Labute approximate surface area is 120 Å². The molecule has 2 saturated heterocycles. The number of nitrogens with zero attached hydrogens (tertiary/aromatic N) is 2. The molecule has 1 aromatic heterocycles. The average Bonchev–Trinajstić information content (AvgIpc) is 2.80. The van der Waals surface area contributed by atoms with Gasteiger partial charge in [-0.1, -0.05) is 13.0 Å². The molecular weight excluding hydrogens is 252 g/mol. The topological polar surface area (TPSA) is 42.4 Å². The van der Waals surface area contributed by atoms with Crippen molar-refractivity contribution in [2.45, 2.75) is 38.2 Å². The maximum absolute atomic E-state index is 12.4. The van der Waals surface area contributed by atoms with Crippen LogP contribution in [0.15, 0.2) is 24.5 Å². The molecule has 0 saturated carbocycles. The molecule has 2 atom stereocenters. The van der Waals surface area contributed by atoms with Gasteiger partial charge in [0.1, 0.15) is 0 Å². The zero-order valence-electron chi connectivity index (χ0n) is 12.0. The normalized spacial score (nSPS) is 29.9. The highest BCUT2D eigenvalue weighted by Crippen LogP contribution is 2.37. The van der Waals surface area contributed by atoms with Gasteiger partial charge < -0.3 is 9.64 Å². The molecule has 4 heteroatoms. The fourth-order valence-corrected chi connectivity index (χ4v) is 3.46. The van der Waals surface area contributed by atoms with Crippen LogP contribution in [0.3, 0.4) is 0 Å². The highest BCUT2D eigenvalue weighted by Gasteiger charge is 2.42. The van der Waals surface area contributed by atoms with Gasteiger partial charge in [-0.05, 0) is 36.8 Å². The van der Waals surface area contributed by atoms with Crippen LogP contribution in [0, 0.1) is 5.92 Å². The average molecular weight is 274 g/mol. The van der Waals surface area contributed by atoms with Crippen molar-refractivity contribution in [1.82, 2.24) is 9.88 Å². The number of ether oxygens (including phenoxy) is 1. The first-order valence-corrected chi connectivity index (χ1v) is 7.48.